The first-order chi connectivity index (χ1) is 10.1. The Morgan fingerprint density at radius 1 is 1.19 bits per heavy atom. The first-order valence-electron chi connectivity index (χ1n) is 7.38. The quantitative estimate of drug-likeness (QED) is 0.670. The van der Waals surface area contributed by atoms with Gasteiger partial charge in [0.25, 0.3) is 0 Å². The van der Waals surface area contributed by atoms with Gasteiger partial charge in [-0.15, -0.1) is 0 Å². The van der Waals surface area contributed by atoms with Crippen molar-refractivity contribution in [3.8, 4) is 5.75 Å². The van der Waals surface area contributed by atoms with E-state index in [4.69, 9.17) is 10.5 Å². The largest absolute Gasteiger partial charge is 0.495 e. The summed E-state index contributed by atoms with van der Waals surface area (Å²) in [6, 6.07) is 5.03. The van der Waals surface area contributed by atoms with E-state index in [1.54, 1.807) is 18.2 Å². The molecule has 112 valence electrons. The Bertz CT molecular complexity index is 591. The van der Waals surface area contributed by atoms with E-state index in [9.17, 15) is 9.59 Å². The van der Waals surface area contributed by atoms with Crippen LogP contribution in [0.1, 0.15) is 38.5 Å². The normalized spacial score (nSPS) is 21.1. The maximum atomic E-state index is 12.8. The van der Waals surface area contributed by atoms with Crippen LogP contribution in [0.5, 0.6) is 5.75 Å². The smallest absolute Gasteiger partial charge is 0.240 e. The van der Waals surface area contributed by atoms with E-state index in [0.717, 1.165) is 32.1 Å². The fourth-order valence-electron chi connectivity index (χ4n) is 3.51. The van der Waals surface area contributed by atoms with Gasteiger partial charge >= 0.3 is 0 Å². The van der Waals surface area contributed by atoms with Gasteiger partial charge in [0.2, 0.25) is 11.8 Å². The highest BCUT2D eigenvalue weighted by atomic mass is 16.5. The van der Waals surface area contributed by atoms with Crippen molar-refractivity contribution in [3.63, 3.8) is 0 Å². The van der Waals surface area contributed by atoms with Crippen LogP contribution in [-0.4, -0.2) is 18.9 Å². The van der Waals surface area contributed by atoms with Gasteiger partial charge in [0.15, 0.2) is 0 Å². The topological polar surface area (TPSA) is 72.6 Å². The number of benzene rings is 1. The Kier molecular flexibility index (Phi) is 3.35. The summed E-state index contributed by atoms with van der Waals surface area (Å²) in [6.07, 6.45) is 5.17. The molecular weight excluding hydrogens is 268 g/mol. The van der Waals surface area contributed by atoms with Gasteiger partial charge in [-0.25, -0.2) is 4.90 Å². The Balaban J connectivity index is 1.95. The summed E-state index contributed by atoms with van der Waals surface area (Å²) in [7, 11) is 1.52. The molecule has 1 aromatic rings. The van der Waals surface area contributed by atoms with E-state index < -0.39 is 5.41 Å². The third kappa shape index (κ3) is 2.17. The number of hydrogen-bond acceptors (Lipinski definition) is 4. The number of carbonyl (C=O) groups is 2. The molecule has 1 aliphatic heterocycles. The average Bonchev–Trinajstić information content (AvgIpc) is 2.72. The molecule has 5 heteroatoms. The molecule has 0 atom stereocenters. The molecule has 1 spiro atoms. The van der Waals surface area contributed by atoms with Crippen LogP contribution in [0.3, 0.4) is 0 Å². The molecule has 2 N–H and O–H groups in total. The second-order valence-corrected chi connectivity index (χ2v) is 5.98. The predicted molar refractivity (Wildman–Crippen MR) is 80.0 cm³/mol. The minimum Gasteiger partial charge on any atom is -0.495 e. The maximum absolute atomic E-state index is 12.8. The van der Waals surface area contributed by atoms with Gasteiger partial charge in [0.1, 0.15) is 5.75 Å². The summed E-state index contributed by atoms with van der Waals surface area (Å²) in [5.41, 5.74) is 6.37. The number of imide groups is 1. The number of hydrogen-bond donors (Lipinski definition) is 1. The van der Waals surface area contributed by atoms with Crippen LogP contribution >= 0.6 is 0 Å². The standard InChI is InChI=1S/C16H20N2O3/c1-21-13-9-11(5-6-12(13)17)18-14(19)10-16(15(18)20)7-3-2-4-8-16/h5-6,9H,2-4,7-8,10,17H2,1H3. The Hall–Kier alpha value is -2.04. The van der Waals surface area contributed by atoms with E-state index in [0.29, 0.717) is 23.5 Å². The summed E-state index contributed by atoms with van der Waals surface area (Å²) in [6.45, 7) is 0. The number of rotatable bonds is 2. The lowest BCUT2D eigenvalue weighted by atomic mass is 9.73. The van der Waals surface area contributed by atoms with Crippen LogP contribution in [-0.2, 0) is 9.59 Å². The molecule has 2 aliphatic rings. The van der Waals surface area contributed by atoms with E-state index in [1.165, 1.54) is 12.0 Å². The lowest BCUT2D eigenvalue weighted by Crippen LogP contribution is -2.36. The minimum atomic E-state index is -0.468. The fourth-order valence-corrected chi connectivity index (χ4v) is 3.51. The van der Waals surface area contributed by atoms with Crippen LogP contribution in [0.15, 0.2) is 18.2 Å². The Morgan fingerprint density at radius 3 is 2.57 bits per heavy atom. The predicted octanol–water partition coefficient (Wildman–Crippen LogP) is 2.49. The number of ether oxygens (including phenoxy) is 1. The van der Waals surface area contributed by atoms with Gasteiger partial charge in [0, 0.05) is 12.5 Å². The number of amides is 2. The second kappa shape index (κ2) is 5.06. The van der Waals surface area contributed by atoms with Crippen molar-refractivity contribution in [2.75, 3.05) is 17.7 Å². The van der Waals surface area contributed by atoms with Crippen molar-refractivity contribution in [1.29, 1.82) is 0 Å². The lowest BCUT2D eigenvalue weighted by Gasteiger charge is -2.30. The van der Waals surface area contributed by atoms with Gasteiger partial charge in [-0.05, 0) is 25.0 Å². The van der Waals surface area contributed by atoms with Crippen LogP contribution in [0.4, 0.5) is 11.4 Å². The number of nitrogens with two attached hydrogens (primary N) is 1. The zero-order valence-electron chi connectivity index (χ0n) is 12.2. The Morgan fingerprint density at radius 2 is 1.90 bits per heavy atom. The van der Waals surface area contributed by atoms with Crippen molar-refractivity contribution in [1.82, 2.24) is 0 Å². The fraction of sp³-hybridized carbons (Fsp3) is 0.500. The molecule has 2 fully saturated rings. The number of carbonyl (C=O) groups excluding carboxylic acids is 2. The maximum Gasteiger partial charge on any atom is 0.240 e. The first kappa shape index (κ1) is 13.9. The number of nitrogens with zero attached hydrogens (tertiary/aromatic N) is 1. The summed E-state index contributed by atoms with van der Waals surface area (Å²) in [5.74, 6) is 0.311. The lowest BCUT2D eigenvalue weighted by molar-refractivity contribution is -0.127. The van der Waals surface area contributed by atoms with E-state index in [-0.39, 0.29) is 11.8 Å². The van der Waals surface area contributed by atoms with Crippen LogP contribution in [0.25, 0.3) is 0 Å². The molecule has 1 saturated carbocycles. The molecule has 0 bridgehead atoms. The summed E-state index contributed by atoms with van der Waals surface area (Å²) >= 11 is 0. The second-order valence-electron chi connectivity index (χ2n) is 5.98. The molecule has 21 heavy (non-hydrogen) atoms. The van der Waals surface area contributed by atoms with Crippen LogP contribution in [0, 0.1) is 5.41 Å². The highest BCUT2D eigenvalue weighted by Gasteiger charge is 2.52. The average molecular weight is 288 g/mol. The molecule has 0 radical (unpaired) electrons. The number of nitrogen functional groups attached to an aromatic ring is 1. The Labute approximate surface area is 124 Å². The molecule has 0 unspecified atom stereocenters. The zero-order valence-corrected chi connectivity index (χ0v) is 12.2. The molecule has 2 amide bonds. The van der Waals surface area contributed by atoms with Crippen molar-refractivity contribution in [2.24, 2.45) is 5.41 Å². The first-order valence-corrected chi connectivity index (χ1v) is 7.38. The van der Waals surface area contributed by atoms with Crippen LogP contribution in [0.2, 0.25) is 0 Å². The molecular formula is C16H20N2O3. The van der Waals surface area contributed by atoms with Gasteiger partial charge < -0.3 is 10.5 Å². The third-order valence-corrected chi connectivity index (χ3v) is 4.68. The monoisotopic (exact) mass is 288 g/mol. The van der Waals surface area contributed by atoms with Crippen molar-refractivity contribution in [3.05, 3.63) is 18.2 Å². The summed E-state index contributed by atoms with van der Waals surface area (Å²) in [5, 5.41) is 0. The van der Waals surface area contributed by atoms with Gasteiger partial charge in [-0.2, -0.15) is 0 Å². The molecule has 1 aromatic carbocycles. The molecule has 0 aromatic heterocycles. The zero-order chi connectivity index (χ0) is 15.0. The molecule has 1 saturated heterocycles. The molecule has 5 nitrogen and oxygen atoms in total. The van der Waals surface area contributed by atoms with Crippen LogP contribution < -0.4 is 15.4 Å². The van der Waals surface area contributed by atoms with Gasteiger partial charge in [-0.1, -0.05) is 19.3 Å². The van der Waals surface area contributed by atoms with E-state index in [2.05, 4.69) is 0 Å². The van der Waals surface area contributed by atoms with Crippen molar-refractivity contribution in [2.45, 2.75) is 38.5 Å². The highest BCUT2D eigenvalue weighted by molar-refractivity contribution is 6.22. The van der Waals surface area contributed by atoms with Crippen molar-refractivity contribution < 1.29 is 14.3 Å². The minimum absolute atomic E-state index is 0.0565. The number of methoxy groups -OCH3 is 1. The third-order valence-electron chi connectivity index (χ3n) is 4.68. The van der Waals surface area contributed by atoms with Gasteiger partial charge in [0.05, 0.1) is 23.9 Å². The van der Waals surface area contributed by atoms with Gasteiger partial charge in [-0.3, -0.25) is 9.59 Å². The molecule has 1 heterocycles. The molecule has 1 aliphatic carbocycles. The summed E-state index contributed by atoms with van der Waals surface area (Å²) < 4.78 is 5.18. The van der Waals surface area contributed by atoms with E-state index in [1.807, 2.05) is 0 Å². The van der Waals surface area contributed by atoms with E-state index >= 15 is 0 Å². The molecule has 3 rings (SSSR count). The van der Waals surface area contributed by atoms with Crippen molar-refractivity contribution >= 4 is 23.2 Å². The SMILES string of the molecule is COc1cc(N2C(=O)CC3(CCCCC3)C2=O)ccc1N. The number of anilines is 2. The highest BCUT2D eigenvalue weighted by Crippen LogP contribution is 2.47. The summed E-state index contributed by atoms with van der Waals surface area (Å²) in [4.78, 5) is 26.5.